The number of halogens is 1. The molecule has 0 aliphatic carbocycles. The zero-order valence-corrected chi connectivity index (χ0v) is 6.38. The van der Waals surface area contributed by atoms with Crippen LogP contribution < -0.4 is 0 Å². The fourth-order valence-electron chi connectivity index (χ4n) is 0.134. The van der Waals surface area contributed by atoms with Gasteiger partial charge in [-0.25, -0.2) is 0 Å². The van der Waals surface area contributed by atoms with Crippen molar-refractivity contribution in [3.8, 4) is 0 Å². The summed E-state index contributed by atoms with van der Waals surface area (Å²) in [6.07, 6.45) is 2.37. The molecule has 6 heavy (non-hydrogen) atoms. The van der Waals surface area contributed by atoms with Crippen molar-refractivity contribution in [3.05, 3.63) is 0 Å². The van der Waals surface area contributed by atoms with Gasteiger partial charge in [0.15, 0.2) is 0 Å². The van der Waals surface area contributed by atoms with Gasteiger partial charge in [0.2, 0.25) is 0 Å². The van der Waals surface area contributed by atoms with E-state index in [-0.39, 0.29) is 9.90 Å². The Labute approximate surface area is 47.9 Å². The van der Waals surface area contributed by atoms with Gasteiger partial charge in [0.25, 0.3) is 0 Å². The molecule has 0 aliphatic heterocycles. The van der Waals surface area contributed by atoms with E-state index in [4.69, 9.17) is 11.6 Å². The summed E-state index contributed by atoms with van der Waals surface area (Å²) in [7, 11) is 0. The molecule has 0 nitrogen and oxygen atoms in total. The lowest BCUT2D eigenvalue weighted by Gasteiger charge is -1.77. The molecule has 0 aromatic heterocycles. The highest BCUT2D eigenvalue weighted by atomic mass is 35.5. The van der Waals surface area contributed by atoms with Gasteiger partial charge in [-0.1, -0.05) is 13.3 Å². The fraction of sp³-hybridized carbons (Fsp3) is 1.00. The average molecular weight is 127 g/mol. The van der Waals surface area contributed by atoms with E-state index >= 15 is 0 Å². The average Bonchev–Trinajstić information content (AvgIpc) is 1.41. The van der Waals surface area contributed by atoms with Crippen molar-refractivity contribution in [3.63, 3.8) is 0 Å². The third-order valence-electron chi connectivity index (χ3n) is 0.487. The quantitative estimate of drug-likeness (QED) is 0.393. The van der Waals surface area contributed by atoms with Crippen LogP contribution in [0.5, 0.6) is 0 Å². The highest BCUT2D eigenvalue weighted by Crippen LogP contribution is 1.86. The van der Waals surface area contributed by atoms with Crippen LogP contribution in [0.15, 0.2) is 0 Å². The second kappa shape index (κ2) is 9.21. The third kappa shape index (κ3) is 8.83. The Bertz CT molecular complexity index is 15.0. The number of alkyl halides is 1. The molecule has 0 N–H and O–H groups in total. The van der Waals surface area contributed by atoms with Gasteiger partial charge in [-0.15, -0.1) is 11.6 Å². The minimum Gasteiger partial charge on any atom is -0.153 e. The zero-order valence-electron chi connectivity index (χ0n) is 4.21. The smallest absolute Gasteiger partial charge is 0.0223 e. The Hall–Kier alpha value is 0.720. The van der Waals surface area contributed by atoms with Crippen molar-refractivity contribution in [2.24, 2.45) is 0 Å². The topological polar surface area (TPSA) is 0 Å². The summed E-state index contributed by atoms with van der Waals surface area (Å²) in [4.78, 5) is 0. The fourth-order valence-corrected chi connectivity index (χ4v) is 0.401. The monoisotopic (exact) mass is 126 g/mol. The minimum absolute atomic E-state index is 0. The molecule has 0 aliphatic rings. The van der Waals surface area contributed by atoms with Crippen molar-refractivity contribution in [2.75, 3.05) is 5.88 Å². The Morgan fingerprint density at radius 1 is 1.50 bits per heavy atom. The van der Waals surface area contributed by atoms with Crippen molar-refractivity contribution >= 4 is 21.5 Å². The lowest BCUT2D eigenvalue weighted by molar-refractivity contribution is 0.892. The van der Waals surface area contributed by atoms with E-state index in [0.717, 1.165) is 12.3 Å². The molecule has 0 spiro atoms. The molecule has 1 unspecified atom stereocenters. The van der Waals surface area contributed by atoms with Crippen LogP contribution in [0.3, 0.4) is 0 Å². The van der Waals surface area contributed by atoms with Gasteiger partial charge >= 0.3 is 0 Å². The van der Waals surface area contributed by atoms with Crippen LogP contribution >= 0.6 is 21.5 Å². The van der Waals surface area contributed by atoms with E-state index in [1.807, 2.05) is 0 Å². The number of hydrogen-bond donors (Lipinski definition) is 0. The normalized spacial score (nSPS) is 7.00. The van der Waals surface area contributed by atoms with E-state index in [2.05, 4.69) is 6.92 Å². The largest absolute Gasteiger partial charge is 0.153 e. The van der Waals surface area contributed by atoms with Crippen LogP contribution in [-0.4, -0.2) is 5.88 Å². The molecule has 0 bridgehead atoms. The second-order valence-electron chi connectivity index (χ2n) is 1.04. The van der Waals surface area contributed by atoms with Crippen molar-refractivity contribution in [2.45, 2.75) is 19.8 Å². The molecule has 0 aromatic rings. The first kappa shape index (κ1) is 9.87. The summed E-state index contributed by atoms with van der Waals surface area (Å²) in [6.45, 7) is 2.13. The Kier molecular flexibility index (Phi) is 15.1. The van der Waals surface area contributed by atoms with E-state index in [1.54, 1.807) is 0 Å². The van der Waals surface area contributed by atoms with Gasteiger partial charge in [-0.05, 0) is 6.42 Å². The predicted molar refractivity (Wildman–Crippen MR) is 36.7 cm³/mol. The van der Waals surface area contributed by atoms with Crippen molar-refractivity contribution in [1.29, 1.82) is 0 Å². The Balaban J connectivity index is 0. The third-order valence-corrected chi connectivity index (χ3v) is 0.754. The molecule has 0 rings (SSSR count). The molecule has 0 saturated heterocycles. The molecule has 0 heterocycles. The van der Waals surface area contributed by atoms with E-state index < -0.39 is 0 Å². The van der Waals surface area contributed by atoms with Gasteiger partial charge in [0.1, 0.15) is 0 Å². The number of rotatable bonds is 2. The van der Waals surface area contributed by atoms with Crippen LogP contribution in [0.2, 0.25) is 0 Å². The predicted octanol–water partition coefficient (Wildman–Crippen LogP) is 2.08. The summed E-state index contributed by atoms with van der Waals surface area (Å²) in [6, 6.07) is 0. The summed E-state index contributed by atoms with van der Waals surface area (Å²) < 4.78 is 0. The summed E-state index contributed by atoms with van der Waals surface area (Å²) >= 11 is 5.30. The van der Waals surface area contributed by atoms with Gasteiger partial charge in [-0.3, -0.25) is 0 Å². The first-order valence-corrected chi connectivity index (χ1v) is 2.51. The van der Waals surface area contributed by atoms with Gasteiger partial charge in [-0.2, -0.15) is 9.90 Å². The van der Waals surface area contributed by atoms with Crippen LogP contribution in [0, 0.1) is 0 Å². The molecule has 40 valence electrons. The molecule has 2 heteroatoms. The Morgan fingerprint density at radius 3 is 2.00 bits per heavy atom. The SMILES string of the molecule is CCCCCl.P. The minimum atomic E-state index is 0. The summed E-state index contributed by atoms with van der Waals surface area (Å²) in [5, 5.41) is 0. The molecule has 0 saturated carbocycles. The maximum atomic E-state index is 5.30. The van der Waals surface area contributed by atoms with Gasteiger partial charge < -0.3 is 0 Å². The number of hydrogen-bond acceptors (Lipinski definition) is 0. The van der Waals surface area contributed by atoms with Crippen LogP contribution in [0.25, 0.3) is 0 Å². The first-order chi connectivity index (χ1) is 2.41. The van der Waals surface area contributed by atoms with E-state index in [0.29, 0.717) is 0 Å². The first-order valence-electron chi connectivity index (χ1n) is 1.97. The molecule has 0 amide bonds. The molecule has 0 fully saturated rings. The second-order valence-corrected chi connectivity index (χ2v) is 1.42. The Morgan fingerprint density at radius 2 is 2.00 bits per heavy atom. The molecular weight excluding hydrogens is 114 g/mol. The van der Waals surface area contributed by atoms with Crippen molar-refractivity contribution < 1.29 is 0 Å². The van der Waals surface area contributed by atoms with Gasteiger partial charge in [0, 0.05) is 5.88 Å². The molecule has 1 atom stereocenters. The highest BCUT2D eigenvalue weighted by molar-refractivity contribution is 6.92. The lowest BCUT2D eigenvalue weighted by atomic mass is 10.4. The maximum Gasteiger partial charge on any atom is 0.0223 e. The number of unbranched alkanes of at least 4 members (excludes halogenated alkanes) is 1. The zero-order chi connectivity index (χ0) is 4.12. The van der Waals surface area contributed by atoms with Crippen LogP contribution in [0.4, 0.5) is 0 Å². The summed E-state index contributed by atoms with van der Waals surface area (Å²) in [5.74, 6) is 0.816. The van der Waals surface area contributed by atoms with Crippen molar-refractivity contribution in [1.82, 2.24) is 0 Å². The summed E-state index contributed by atoms with van der Waals surface area (Å²) in [5.41, 5.74) is 0. The highest BCUT2D eigenvalue weighted by Gasteiger charge is 1.70. The lowest BCUT2D eigenvalue weighted by Crippen LogP contribution is -1.65. The van der Waals surface area contributed by atoms with E-state index in [1.165, 1.54) is 6.42 Å². The maximum absolute atomic E-state index is 5.30. The van der Waals surface area contributed by atoms with Gasteiger partial charge in [0.05, 0.1) is 0 Å². The molecular formula is C4H12ClP. The van der Waals surface area contributed by atoms with Crippen LogP contribution in [0.1, 0.15) is 19.8 Å². The van der Waals surface area contributed by atoms with Crippen LogP contribution in [-0.2, 0) is 0 Å². The van der Waals surface area contributed by atoms with E-state index in [9.17, 15) is 0 Å². The standard InChI is InChI=1S/C4H9Cl.H3P/c1-2-3-4-5;/h2-4H2,1H3;1H3. The molecule has 0 radical (unpaired) electrons. The molecule has 0 aromatic carbocycles.